The summed E-state index contributed by atoms with van der Waals surface area (Å²) in [4.78, 5) is 21.8. The lowest BCUT2D eigenvalue weighted by molar-refractivity contribution is -0.307. The molecule has 6 heteroatoms. The number of carbonyl (C=O) groups is 1. The summed E-state index contributed by atoms with van der Waals surface area (Å²) >= 11 is 0. The first-order valence-corrected chi connectivity index (χ1v) is 12.7. The van der Waals surface area contributed by atoms with Crippen LogP contribution in [0.1, 0.15) is 43.6 Å². The molecular formula is C30H35N3O3. The number of aliphatic hydroxyl groups is 1. The van der Waals surface area contributed by atoms with E-state index in [0.29, 0.717) is 11.3 Å². The minimum Gasteiger partial charge on any atom is -0.423 e. The van der Waals surface area contributed by atoms with Crippen molar-refractivity contribution in [1.29, 1.82) is 0 Å². The van der Waals surface area contributed by atoms with Gasteiger partial charge in [-0.3, -0.25) is 4.90 Å². The predicted molar refractivity (Wildman–Crippen MR) is 141 cm³/mol. The van der Waals surface area contributed by atoms with Crippen LogP contribution >= 0.6 is 0 Å². The lowest BCUT2D eigenvalue weighted by Crippen LogP contribution is -2.79. The SMILES string of the molecule is CC1(C)C(N2CCN(c3ccccn3)CC2)C(C)(C)C1(O)c1ccc(OC(=O)c2ccccc2)cc1. The van der Waals surface area contributed by atoms with Crippen LogP contribution in [-0.4, -0.2) is 53.2 Å². The largest absolute Gasteiger partial charge is 0.423 e. The average molecular weight is 486 g/mol. The highest BCUT2D eigenvalue weighted by Gasteiger charge is 2.73. The lowest BCUT2D eigenvalue weighted by Gasteiger charge is -2.72. The lowest BCUT2D eigenvalue weighted by atomic mass is 9.39. The fraction of sp³-hybridized carbons (Fsp3) is 0.400. The second-order valence-electron chi connectivity index (χ2n) is 11.0. The van der Waals surface area contributed by atoms with Crippen LogP contribution < -0.4 is 9.64 Å². The summed E-state index contributed by atoms with van der Waals surface area (Å²) in [6.07, 6.45) is 1.84. The number of piperazine rings is 1. The van der Waals surface area contributed by atoms with Gasteiger partial charge in [0.25, 0.3) is 0 Å². The summed E-state index contributed by atoms with van der Waals surface area (Å²) in [5.41, 5.74) is -0.407. The Morgan fingerprint density at radius 3 is 2.06 bits per heavy atom. The van der Waals surface area contributed by atoms with Gasteiger partial charge in [-0.25, -0.2) is 9.78 Å². The molecular weight excluding hydrogens is 450 g/mol. The van der Waals surface area contributed by atoms with E-state index in [1.165, 1.54) is 0 Å². The molecule has 0 atom stereocenters. The third-order valence-electron chi connectivity index (χ3n) is 8.38. The average Bonchev–Trinajstić information content (AvgIpc) is 2.89. The molecule has 0 spiro atoms. The highest BCUT2D eigenvalue weighted by Crippen LogP contribution is 2.68. The van der Waals surface area contributed by atoms with Gasteiger partial charge in [0.1, 0.15) is 17.2 Å². The zero-order chi connectivity index (χ0) is 25.6. The van der Waals surface area contributed by atoms with Crippen LogP contribution in [0.2, 0.25) is 0 Å². The van der Waals surface area contributed by atoms with Gasteiger partial charge in [0.2, 0.25) is 0 Å². The van der Waals surface area contributed by atoms with Crippen molar-refractivity contribution in [2.75, 3.05) is 31.1 Å². The van der Waals surface area contributed by atoms with Crippen LogP contribution in [0.15, 0.2) is 79.0 Å². The first-order valence-electron chi connectivity index (χ1n) is 12.7. The fourth-order valence-corrected chi connectivity index (χ4v) is 6.96. The van der Waals surface area contributed by atoms with Gasteiger partial charge in [-0.2, -0.15) is 0 Å². The van der Waals surface area contributed by atoms with Gasteiger partial charge in [0.15, 0.2) is 0 Å². The second kappa shape index (κ2) is 9.02. The molecule has 36 heavy (non-hydrogen) atoms. The monoisotopic (exact) mass is 485 g/mol. The molecule has 0 amide bonds. The van der Waals surface area contributed by atoms with Gasteiger partial charge in [-0.05, 0) is 42.0 Å². The zero-order valence-corrected chi connectivity index (χ0v) is 21.5. The number of hydrogen-bond acceptors (Lipinski definition) is 6. The zero-order valence-electron chi connectivity index (χ0n) is 21.5. The molecule has 1 aliphatic carbocycles. The molecule has 1 saturated heterocycles. The van der Waals surface area contributed by atoms with Crippen LogP contribution in [0.3, 0.4) is 0 Å². The standard InChI is InChI=1S/C30H35N3O3/c1-28(2)27(33-20-18-32(19-21-33)25-12-8-9-17-31-25)29(3,4)30(28,35)23-13-15-24(16-14-23)36-26(34)22-10-6-5-7-11-22/h5-17,27,35H,18-21H2,1-4H3. The summed E-state index contributed by atoms with van der Waals surface area (Å²) < 4.78 is 5.55. The summed E-state index contributed by atoms with van der Waals surface area (Å²) in [6.45, 7) is 12.3. The van der Waals surface area contributed by atoms with E-state index in [1.807, 2.05) is 48.7 Å². The Morgan fingerprint density at radius 2 is 1.47 bits per heavy atom. The molecule has 6 nitrogen and oxygen atoms in total. The Labute approximate surface area is 213 Å². The Morgan fingerprint density at radius 1 is 0.861 bits per heavy atom. The van der Waals surface area contributed by atoms with E-state index in [9.17, 15) is 9.90 Å². The number of hydrogen-bond donors (Lipinski definition) is 1. The minimum absolute atomic E-state index is 0.219. The van der Waals surface area contributed by atoms with Gasteiger partial charge >= 0.3 is 5.97 Å². The van der Waals surface area contributed by atoms with E-state index >= 15 is 0 Å². The van der Waals surface area contributed by atoms with Crippen molar-refractivity contribution in [3.8, 4) is 5.75 Å². The van der Waals surface area contributed by atoms with Crippen molar-refractivity contribution in [1.82, 2.24) is 9.88 Å². The number of ether oxygens (including phenoxy) is 1. The van der Waals surface area contributed by atoms with Gasteiger partial charge in [0, 0.05) is 49.2 Å². The molecule has 0 radical (unpaired) electrons. The van der Waals surface area contributed by atoms with Gasteiger partial charge in [-0.15, -0.1) is 0 Å². The third kappa shape index (κ3) is 3.80. The first-order chi connectivity index (χ1) is 17.2. The second-order valence-corrected chi connectivity index (χ2v) is 11.0. The molecule has 0 unspecified atom stereocenters. The number of carbonyl (C=O) groups excluding carboxylic acids is 1. The van der Waals surface area contributed by atoms with Crippen molar-refractivity contribution >= 4 is 11.8 Å². The number of nitrogens with zero attached hydrogens (tertiary/aromatic N) is 3. The molecule has 0 bridgehead atoms. The molecule has 5 rings (SSSR count). The third-order valence-corrected chi connectivity index (χ3v) is 8.38. The first kappa shape index (κ1) is 24.5. The molecule has 1 N–H and O–H groups in total. The molecule has 2 aromatic carbocycles. The topological polar surface area (TPSA) is 65.9 Å². The number of aromatic nitrogens is 1. The maximum absolute atomic E-state index is 12.4. The minimum atomic E-state index is -1.02. The smallest absolute Gasteiger partial charge is 0.343 e. The van der Waals surface area contributed by atoms with E-state index in [0.717, 1.165) is 37.6 Å². The number of anilines is 1. The maximum Gasteiger partial charge on any atom is 0.343 e. The van der Waals surface area contributed by atoms with Crippen molar-refractivity contribution in [3.05, 3.63) is 90.1 Å². The molecule has 3 aromatic rings. The summed E-state index contributed by atoms with van der Waals surface area (Å²) in [7, 11) is 0. The van der Waals surface area contributed by atoms with Gasteiger partial charge in [0.05, 0.1) is 5.56 Å². The van der Waals surface area contributed by atoms with E-state index in [2.05, 4.69) is 48.5 Å². The number of benzene rings is 2. The van der Waals surface area contributed by atoms with Crippen molar-refractivity contribution in [2.45, 2.75) is 39.3 Å². The molecule has 188 valence electrons. The molecule has 1 aliphatic heterocycles. The van der Waals surface area contributed by atoms with Crippen LogP contribution in [0.4, 0.5) is 5.82 Å². The van der Waals surface area contributed by atoms with E-state index in [1.54, 1.807) is 24.3 Å². The number of pyridine rings is 1. The van der Waals surface area contributed by atoms with E-state index in [-0.39, 0.29) is 16.9 Å². The Hall–Kier alpha value is -3.22. The number of esters is 1. The van der Waals surface area contributed by atoms with Crippen LogP contribution in [0.5, 0.6) is 5.75 Å². The molecule has 2 fully saturated rings. The fourth-order valence-electron chi connectivity index (χ4n) is 6.96. The summed E-state index contributed by atoms with van der Waals surface area (Å²) in [5, 5.41) is 12.2. The van der Waals surface area contributed by atoms with Crippen molar-refractivity contribution in [3.63, 3.8) is 0 Å². The van der Waals surface area contributed by atoms with E-state index < -0.39 is 11.6 Å². The quantitative estimate of drug-likeness (QED) is 0.416. The number of rotatable bonds is 5. The van der Waals surface area contributed by atoms with Crippen molar-refractivity contribution in [2.24, 2.45) is 10.8 Å². The Kier molecular flexibility index (Phi) is 6.13. The summed E-state index contributed by atoms with van der Waals surface area (Å²) in [5.74, 6) is 1.10. The maximum atomic E-state index is 12.4. The van der Waals surface area contributed by atoms with Gasteiger partial charge < -0.3 is 14.7 Å². The highest BCUT2D eigenvalue weighted by atomic mass is 16.5. The normalized spacial score (nSPS) is 25.1. The molecule has 2 aliphatic rings. The molecule has 1 saturated carbocycles. The Bertz CT molecular complexity index is 1190. The van der Waals surface area contributed by atoms with Crippen LogP contribution in [-0.2, 0) is 5.60 Å². The molecule has 2 heterocycles. The molecule has 1 aromatic heterocycles. The van der Waals surface area contributed by atoms with E-state index in [4.69, 9.17) is 4.74 Å². The summed E-state index contributed by atoms with van der Waals surface area (Å²) in [6, 6.07) is 22.5. The van der Waals surface area contributed by atoms with Crippen LogP contribution in [0.25, 0.3) is 0 Å². The highest BCUT2D eigenvalue weighted by molar-refractivity contribution is 5.90. The predicted octanol–water partition coefficient (Wildman–Crippen LogP) is 4.75. The Balaban J connectivity index is 1.30. The van der Waals surface area contributed by atoms with Crippen molar-refractivity contribution < 1.29 is 14.6 Å². The van der Waals surface area contributed by atoms with Gasteiger partial charge in [-0.1, -0.05) is 64.1 Å². The van der Waals surface area contributed by atoms with Crippen LogP contribution in [0, 0.1) is 10.8 Å².